The summed E-state index contributed by atoms with van der Waals surface area (Å²) >= 11 is 6.16. The van der Waals surface area contributed by atoms with E-state index >= 15 is 0 Å². The van der Waals surface area contributed by atoms with Gasteiger partial charge in [0.15, 0.2) is 0 Å². The number of fused-ring (bicyclic) bond motifs is 1. The van der Waals surface area contributed by atoms with Gasteiger partial charge >= 0.3 is 5.76 Å². The molecule has 3 heterocycles. The van der Waals surface area contributed by atoms with Gasteiger partial charge in [0.05, 0.1) is 18.2 Å². The Morgan fingerprint density at radius 3 is 2.87 bits per heavy atom. The van der Waals surface area contributed by atoms with Crippen molar-refractivity contribution in [2.24, 2.45) is 0 Å². The molecule has 124 valence electrons. The highest BCUT2D eigenvalue weighted by atomic mass is 35.5. The second-order valence-electron chi connectivity index (χ2n) is 5.64. The van der Waals surface area contributed by atoms with E-state index in [1.165, 1.54) is 4.68 Å². The summed E-state index contributed by atoms with van der Waals surface area (Å²) in [5.74, 6) is 0.584. The summed E-state index contributed by atoms with van der Waals surface area (Å²) in [7, 11) is 0. The Morgan fingerprint density at radius 1 is 1.30 bits per heavy atom. The minimum absolute atomic E-state index is 0. The summed E-state index contributed by atoms with van der Waals surface area (Å²) in [6.45, 7) is 2.38. The Kier molecular flexibility index (Phi) is 4.66. The van der Waals surface area contributed by atoms with Crippen LogP contribution in [0.2, 0.25) is 5.02 Å². The van der Waals surface area contributed by atoms with Gasteiger partial charge < -0.3 is 14.5 Å². The van der Waals surface area contributed by atoms with Gasteiger partial charge in [-0.3, -0.25) is 0 Å². The predicted molar refractivity (Wildman–Crippen MR) is 88.8 cm³/mol. The molecule has 23 heavy (non-hydrogen) atoms. The Balaban J connectivity index is 0.00000156. The van der Waals surface area contributed by atoms with Crippen LogP contribution in [0.15, 0.2) is 21.3 Å². The average Bonchev–Trinajstić information content (AvgIpc) is 3.13. The van der Waals surface area contributed by atoms with Crippen molar-refractivity contribution in [3.63, 3.8) is 0 Å². The molecule has 0 unspecified atom stereocenters. The lowest BCUT2D eigenvalue weighted by Gasteiger charge is -2.21. The molecule has 0 aliphatic carbocycles. The molecular weight excluding hydrogens is 341 g/mol. The maximum Gasteiger partial charge on any atom is 0.437 e. The van der Waals surface area contributed by atoms with E-state index in [0.29, 0.717) is 17.2 Å². The molecule has 4 rings (SSSR count). The molecule has 2 aliphatic rings. The first-order chi connectivity index (χ1) is 10.7. The van der Waals surface area contributed by atoms with Crippen molar-refractivity contribution in [3.8, 4) is 17.2 Å². The summed E-state index contributed by atoms with van der Waals surface area (Å²) in [4.78, 5) is 12.1. The van der Waals surface area contributed by atoms with E-state index in [1.807, 2.05) is 6.07 Å². The molecule has 0 spiro atoms. The molecule has 1 N–H and O–H groups in total. The maximum absolute atomic E-state index is 12.1. The number of nitrogens with one attached hydrogen (secondary N) is 1. The highest BCUT2D eigenvalue weighted by Gasteiger charge is 2.25. The summed E-state index contributed by atoms with van der Waals surface area (Å²) in [6, 6.07) is 3.71. The quantitative estimate of drug-likeness (QED) is 0.893. The molecule has 1 saturated heterocycles. The molecule has 2 aliphatic heterocycles. The molecule has 1 aromatic heterocycles. The van der Waals surface area contributed by atoms with Gasteiger partial charge in [-0.1, -0.05) is 11.6 Å². The largest absolute Gasteiger partial charge is 0.492 e. The summed E-state index contributed by atoms with van der Waals surface area (Å²) < 4.78 is 12.5. The Labute approximate surface area is 144 Å². The molecule has 2 aromatic rings. The molecule has 0 atom stereocenters. The van der Waals surface area contributed by atoms with E-state index in [1.54, 1.807) is 6.07 Å². The number of benzene rings is 1. The zero-order valence-corrected chi connectivity index (χ0v) is 14.0. The first-order valence-electron chi connectivity index (χ1n) is 7.48. The van der Waals surface area contributed by atoms with Crippen molar-refractivity contribution in [3.05, 3.63) is 33.3 Å². The molecular formula is C15H17Cl2N3O3. The second-order valence-corrected chi connectivity index (χ2v) is 6.08. The van der Waals surface area contributed by atoms with Crippen LogP contribution < -0.4 is 15.8 Å². The molecule has 0 bridgehead atoms. The zero-order chi connectivity index (χ0) is 15.1. The molecule has 0 radical (unpaired) electrons. The fourth-order valence-electron chi connectivity index (χ4n) is 3.11. The highest BCUT2D eigenvalue weighted by molar-refractivity contribution is 6.31. The lowest BCUT2D eigenvalue weighted by Crippen LogP contribution is -2.33. The molecule has 0 saturated carbocycles. The minimum atomic E-state index is -0.423. The van der Waals surface area contributed by atoms with Crippen LogP contribution in [0.4, 0.5) is 0 Å². The fourth-order valence-corrected chi connectivity index (χ4v) is 3.35. The third kappa shape index (κ3) is 2.98. The van der Waals surface area contributed by atoms with E-state index < -0.39 is 5.76 Å². The smallest absolute Gasteiger partial charge is 0.437 e. The van der Waals surface area contributed by atoms with Gasteiger partial charge in [-0.05, 0) is 43.6 Å². The predicted octanol–water partition coefficient (Wildman–Crippen LogP) is 2.44. The first kappa shape index (κ1) is 16.4. The van der Waals surface area contributed by atoms with E-state index in [0.717, 1.165) is 43.7 Å². The van der Waals surface area contributed by atoms with Crippen molar-refractivity contribution < 1.29 is 9.15 Å². The second kappa shape index (κ2) is 6.55. The van der Waals surface area contributed by atoms with Gasteiger partial charge in [0, 0.05) is 11.4 Å². The number of nitrogens with zero attached hydrogens (tertiary/aromatic N) is 2. The van der Waals surface area contributed by atoms with Crippen molar-refractivity contribution >= 4 is 24.0 Å². The van der Waals surface area contributed by atoms with Gasteiger partial charge in [-0.2, -0.15) is 4.68 Å². The molecule has 6 nitrogen and oxygen atoms in total. The standard InChI is InChI=1S/C15H16ClN3O3.ClH/c16-10-7-9-3-6-21-13(9)12(8-10)14-18-19(15(20)22-14)11-1-4-17-5-2-11;/h7-8,11,17H,1-6H2;1H. The number of hydrogen-bond acceptors (Lipinski definition) is 5. The van der Waals surface area contributed by atoms with Crippen LogP contribution >= 0.6 is 24.0 Å². The van der Waals surface area contributed by atoms with Gasteiger partial charge in [0.25, 0.3) is 5.89 Å². The third-order valence-electron chi connectivity index (χ3n) is 4.20. The van der Waals surface area contributed by atoms with Crippen LogP contribution in [-0.2, 0) is 6.42 Å². The van der Waals surface area contributed by atoms with E-state index in [4.69, 9.17) is 20.8 Å². The Bertz CT molecular complexity index is 766. The molecule has 0 amide bonds. The molecule has 8 heteroatoms. The topological polar surface area (TPSA) is 69.3 Å². The van der Waals surface area contributed by atoms with Gasteiger partial charge in [0.1, 0.15) is 5.75 Å². The fraction of sp³-hybridized carbons (Fsp3) is 0.467. The van der Waals surface area contributed by atoms with Crippen molar-refractivity contribution in [1.29, 1.82) is 0 Å². The maximum atomic E-state index is 12.1. The van der Waals surface area contributed by atoms with Crippen LogP contribution in [-0.4, -0.2) is 29.5 Å². The Morgan fingerprint density at radius 2 is 2.09 bits per heavy atom. The number of piperidine rings is 1. The lowest BCUT2D eigenvalue weighted by molar-refractivity contribution is 0.323. The lowest BCUT2D eigenvalue weighted by atomic mass is 10.1. The summed E-state index contributed by atoms with van der Waals surface area (Å²) in [5, 5.41) is 8.26. The highest BCUT2D eigenvalue weighted by Crippen LogP contribution is 2.38. The van der Waals surface area contributed by atoms with Crippen molar-refractivity contribution in [2.45, 2.75) is 25.3 Å². The van der Waals surface area contributed by atoms with Gasteiger partial charge in [0.2, 0.25) is 0 Å². The van der Waals surface area contributed by atoms with E-state index in [2.05, 4.69) is 10.4 Å². The normalized spacial score (nSPS) is 17.4. The summed E-state index contributed by atoms with van der Waals surface area (Å²) in [6.07, 6.45) is 2.55. The Hall–Kier alpha value is -1.50. The van der Waals surface area contributed by atoms with Crippen LogP contribution in [0, 0.1) is 0 Å². The number of aromatic nitrogens is 2. The van der Waals surface area contributed by atoms with Crippen molar-refractivity contribution in [2.75, 3.05) is 19.7 Å². The van der Waals surface area contributed by atoms with Crippen LogP contribution in [0.1, 0.15) is 24.4 Å². The van der Waals surface area contributed by atoms with Gasteiger partial charge in [-0.15, -0.1) is 17.5 Å². The number of hydrogen-bond donors (Lipinski definition) is 1. The van der Waals surface area contributed by atoms with E-state index in [-0.39, 0.29) is 24.3 Å². The number of rotatable bonds is 2. The summed E-state index contributed by atoms with van der Waals surface area (Å²) in [5.41, 5.74) is 1.69. The zero-order valence-electron chi connectivity index (χ0n) is 12.4. The minimum Gasteiger partial charge on any atom is -0.492 e. The SMILES string of the molecule is Cl.O=c1oc(-c2cc(Cl)cc3c2OCC3)nn1C1CCNCC1. The monoisotopic (exact) mass is 357 g/mol. The van der Waals surface area contributed by atoms with Crippen LogP contribution in [0.5, 0.6) is 5.75 Å². The average molecular weight is 358 g/mol. The third-order valence-corrected chi connectivity index (χ3v) is 4.42. The molecule has 1 fully saturated rings. The number of ether oxygens (including phenoxy) is 1. The molecule has 1 aromatic carbocycles. The number of halogens is 2. The van der Waals surface area contributed by atoms with Crippen LogP contribution in [0.3, 0.4) is 0 Å². The van der Waals surface area contributed by atoms with Crippen molar-refractivity contribution in [1.82, 2.24) is 15.1 Å². The van der Waals surface area contributed by atoms with Gasteiger partial charge in [-0.25, -0.2) is 4.79 Å². The van der Waals surface area contributed by atoms with E-state index in [9.17, 15) is 4.79 Å². The first-order valence-corrected chi connectivity index (χ1v) is 7.86. The van der Waals surface area contributed by atoms with Crippen LogP contribution in [0.25, 0.3) is 11.5 Å².